The average molecular weight is 257 g/mol. The zero-order chi connectivity index (χ0) is 13.6. The molecule has 0 fully saturated rings. The van der Waals surface area contributed by atoms with Crippen LogP contribution in [0.4, 0.5) is 13.2 Å². The molecule has 0 aliphatic heterocycles. The Morgan fingerprint density at radius 1 is 1.17 bits per heavy atom. The lowest BCUT2D eigenvalue weighted by Gasteiger charge is -2.00. The van der Waals surface area contributed by atoms with Gasteiger partial charge in [-0.2, -0.15) is 13.2 Å². The number of para-hydroxylation sites is 1. The molecule has 3 N–H and O–H groups in total. The summed E-state index contributed by atoms with van der Waals surface area (Å²) in [5, 5.41) is 1.20. The summed E-state index contributed by atoms with van der Waals surface area (Å²) >= 11 is 0. The van der Waals surface area contributed by atoms with E-state index < -0.39 is 12.1 Å². The number of hydrazine groups is 1. The normalized spacial score (nSPS) is 10.4. The van der Waals surface area contributed by atoms with E-state index in [4.69, 9.17) is 0 Å². The summed E-state index contributed by atoms with van der Waals surface area (Å²) in [5.74, 6) is 2.00. The Bertz CT molecular complexity index is 463. The number of nitrogens with two attached hydrogens (primary N) is 1. The van der Waals surface area contributed by atoms with Gasteiger partial charge in [-0.15, -0.1) is 0 Å². The molecule has 0 atom stereocenters. The molecule has 96 valence electrons. The fourth-order valence-corrected chi connectivity index (χ4v) is 1.10. The predicted molar refractivity (Wildman–Crippen MR) is 60.1 cm³/mol. The molecule has 2 rings (SSSR count). The largest absolute Gasteiger partial charge is 0.472 e. The molecule has 0 saturated heterocycles. The van der Waals surface area contributed by atoms with Crippen LogP contribution in [0.3, 0.4) is 0 Å². The minimum absolute atomic E-state index is 0.941. The molecular formula is C11H10F3N3O. The van der Waals surface area contributed by atoms with Crippen molar-refractivity contribution in [2.24, 2.45) is 5.84 Å². The van der Waals surface area contributed by atoms with E-state index in [9.17, 15) is 18.0 Å². The van der Waals surface area contributed by atoms with Gasteiger partial charge >= 0.3 is 12.1 Å². The summed E-state index contributed by atoms with van der Waals surface area (Å²) in [5.41, 5.74) is 2.00. The fraction of sp³-hybridized carbons (Fsp3) is 0.0909. The van der Waals surface area contributed by atoms with Gasteiger partial charge < -0.3 is 0 Å². The number of hydrogen-bond donors (Lipinski definition) is 2. The lowest BCUT2D eigenvalue weighted by molar-refractivity contribution is -0.173. The second-order valence-corrected chi connectivity index (χ2v) is 3.17. The van der Waals surface area contributed by atoms with E-state index in [-0.39, 0.29) is 0 Å². The minimum atomic E-state index is -4.87. The maximum absolute atomic E-state index is 11.0. The summed E-state index contributed by atoms with van der Waals surface area (Å²) in [6, 6.07) is 12.1. The predicted octanol–water partition coefficient (Wildman–Crippen LogP) is 1.77. The second-order valence-electron chi connectivity index (χ2n) is 3.17. The Hall–Kier alpha value is -2.15. The van der Waals surface area contributed by atoms with Gasteiger partial charge in [-0.3, -0.25) is 15.2 Å². The molecule has 0 saturated carbocycles. The van der Waals surface area contributed by atoms with Crippen LogP contribution in [-0.4, -0.2) is 17.1 Å². The maximum Gasteiger partial charge on any atom is 0.472 e. The van der Waals surface area contributed by atoms with Crippen LogP contribution in [0, 0.1) is 0 Å². The molecule has 1 aromatic carbocycles. The lowest BCUT2D eigenvalue weighted by Crippen LogP contribution is -2.40. The summed E-state index contributed by atoms with van der Waals surface area (Å²) in [4.78, 5) is 13.7. The third-order valence-electron chi connectivity index (χ3n) is 1.90. The molecule has 1 heterocycles. The minimum Gasteiger partial charge on any atom is -0.286 e. The fourth-order valence-electron chi connectivity index (χ4n) is 1.10. The average Bonchev–Trinajstić information content (AvgIpc) is 2.37. The first-order valence-corrected chi connectivity index (χ1v) is 4.82. The van der Waals surface area contributed by atoms with Crippen LogP contribution in [0.15, 0.2) is 42.6 Å². The SMILES string of the molecule is NNC(=O)C(F)(F)F.c1ccc2ncccc2c1. The quantitative estimate of drug-likeness (QED) is 0.429. The van der Waals surface area contributed by atoms with E-state index in [1.54, 1.807) is 0 Å². The Kier molecular flexibility index (Phi) is 4.61. The van der Waals surface area contributed by atoms with Crippen LogP contribution in [0.25, 0.3) is 10.9 Å². The number of aromatic nitrogens is 1. The number of carbonyl (C=O) groups excluding carboxylic acids is 1. The molecule has 2 aromatic rings. The topological polar surface area (TPSA) is 68.0 Å². The van der Waals surface area contributed by atoms with Crippen molar-refractivity contribution in [1.29, 1.82) is 0 Å². The van der Waals surface area contributed by atoms with Crippen LogP contribution >= 0.6 is 0 Å². The number of benzene rings is 1. The number of nitrogens with one attached hydrogen (secondary N) is 1. The van der Waals surface area contributed by atoms with Crippen molar-refractivity contribution < 1.29 is 18.0 Å². The van der Waals surface area contributed by atoms with Crippen molar-refractivity contribution in [2.75, 3.05) is 0 Å². The van der Waals surface area contributed by atoms with E-state index in [0.717, 1.165) is 10.9 Å². The number of halogens is 3. The van der Waals surface area contributed by atoms with Crippen molar-refractivity contribution >= 4 is 16.8 Å². The number of hydrogen-bond acceptors (Lipinski definition) is 3. The highest BCUT2D eigenvalue weighted by atomic mass is 19.4. The zero-order valence-electron chi connectivity index (χ0n) is 9.11. The third-order valence-corrected chi connectivity index (χ3v) is 1.90. The molecule has 1 aromatic heterocycles. The Morgan fingerprint density at radius 3 is 2.28 bits per heavy atom. The van der Waals surface area contributed by atoms with Gasteiger partial charge in [0.15, 0.2) is 0 Å². The van der Waals surface area contributed by atoms with Crippen molar-refractivity contribution in [3.05, 3.63) is 42.6 Å². The summed E-state index contributed by atoms with van der Waals surface area (Å²) in [7, 11) is 0. The number of pyridine rings is 1. The van der Waals surface area contributed by atoms with Crippen molar-refractivity contribution in [3.8, 4) is 0 Å². The van der Waals surface area contributed by atoms with Gasteiger partial charge in [0.05, 0.1) is 5.52 Å². The van der Waals surface area contributed by atoms with E-state index >= 15 is 0 Å². The standard InChI is InChI=1S/C9H7N.C2H3F3N2O/c1-2-6-9-8(4-1)5-3-7-10-9;3-2(4,5)1(8)7-6/h1-7H;6H2,(H,7,8). The molecule has 0 spiro atoms. The number of carbonyl (C=O) groups is 1. The monoisotopic (exact) mass is 257 g/mol. The van der Waals surface area contributed by atoms with Crippen molar-refractivity contribution in [2.45, 2.75) is 6.18 Å². The highest BCUT2D eigenvalue weighted by Crippen LogP contribution is 2.12. The first-order valence-electron chi connectivity index (χ1n) is 4.82. The Morgan fingerprint density at radius 2 is 1.78 bits per heavy atom. The van der Waals surface area contributed by atoms with E-state index in [2.05, 4.69) is 23.0 Å². The molecule has 18 heavy (non-hydrogen) atoms. The van der Waals surface area contributed by atoms with E-state index in [0.29, 0.717) is 0 Å². The molecule has 7 heteroatoms. The molecule has 0 bridgehead atoms. The van der Waals surface area contributed by atoms with Gasteiger partial charge in [0.25, 0.3) is 0 Å². The van der Waals surface area contributed by atoms with Gasteiger partial charge in [0.1, 0.15) is 0 Å². The molecule has 0 radical (unpaired) electrons. The highest BCUT2D eigenvalue weighted by Gasteiger charge is 2.37. The number of alkyl halides is 3. The molecule has 0 aliphatic carbocycles. The van der Waals surface area contributed by atoms with E-state index in [1.165, 1.54) is 5.39 Å². The third kappa shape index (κ3) is 4.02. The molecule has 0 unspecified atom stereocenters. The number of amides is 1. The molecular weight excluding hydrogens is 247 g/mol. The van der Waals surface area contributed by atoms with Gasteiger partial charge in [0, 0.05) is 11.6 Å². The van der Waals surface area contributed by atoms with Crippen LogP contribution in [0.2, 0.25) is 0 Å². The van der Waals surface area contributed by atoms with Gasteiger partial charge in [0.2, 0.25) is 0 Å². The molecule has 4 nitrogen and oxygen atoms in total. The first-order chi connectivity index (χ1) is 8.45. The Balaban J connectivity index is 0.000000187. The summed E-state index contributed by atoms with van der Waals surface area (Å²) < 4.78 is 32.9. The van der Waals surface area contributed by atoms with Gasteiger partial charge in [-0.1, -0.05) is 24.3 Å². The van der Waals surface area contributed by atoms with Gasteiger partial charge in [-0.25, -0.2) is 5.84 Å². The van der Waals surface area contributed by atoms with Crippen LogP contribution in [0.1, 0.15) is 0 Å². The lowest BCUT2D eigenvalue weighted by atomic mass is 10.2. The van der Waals surface area contributed by atoms with E-state index in [1.807, 2.05) is 30.5 Å². The van der Waals surface area contributed by atoms with Crippen LogP contribution < -0.4 is 11.3 Å². The maximum atomic E-state index is 11.0. The van der Waals surface area contributed by atoms with Crippen molar-refractivity contribution in [1.82, 2.24) is 10.4 Å². The summed E-state index contributed by atoms with van der Waals surface area (Å²) in [6.07, 6.45) is -3.06. The number of fused-ring (bicyclic) bond motifs is 1. The highest BCUT2D eigenvalue weighted by molar-refractivity contribution is 5.80. The second kappa shape index (κ2) is 5.97. The van der Waals surface area contributed by atoms with Crippen LogP contribution in [-0.2, 0) is 4.79 Å². The summed E-state index contributed by atoms with van der Waals surface area (Å²) in [6.45, 7) is 0. The Labute approximate surface area is 101 Å². The first kappa shape index (κ1) is 13.9. The smallest absolute Gasteiger partial charge is 0.286 e. The van der Waals surface area contributed by atoms with Crippen LogP contribution in [0.5, 0.6) is 0 Å². The zero-order valence-corrected chi connectivity index (χ0v) is 9.11. The number of rotatable bonds is 0. The van der Waals surface area contributed by atoms with Crippen molar-refractivity contribution in [3.63, 3.8) is 0 Å². The van der Waals surface area contributed by atoms with Gasteiger partial charge in [-0.05, 0) is 12.1 Å². The molecule has 1 amide bonds. The number of nitrogens with zero attached hydrogens (tertiary/aromatic N) is 1. The molecule has 0 aliphatic rings.